The van der Waals surface area contributed by atoms with Crippen molar-refractivity contribution in [3.8, 4) is 5.75 Å². The maximum absolute atomic E-state index is 12.1. The molecule has 6 nitrogen and oxygen atoms in total. The van der Waals surface area contributed by atoms with Gasteiger partial charge in [-0.05, 0) is 118 Å². The Balaban J connectivity index is 0.00000114. The lowest BCUT2D eigenvalue weighted by molar-refractivity contribution is -0.237. The number of carbonyl (C=O) groups is 1. The Morgan fingerprint density at radius 2 is 1.67 bits per heavy atom. The molecule has 7 atom stereocenters. The summed E-state index contributed by atoms with van der Waals surface area (Å²) in [7, 11) is 0. The monoisotopic (exact) mass is 588 g/mol. The molecule has 0 aromatic heterocycles. The molecule has 1 aromatic rings. The molecular formula is C36H60O6. The van der Waals surface area contributed by atoms with Crippen LogP contribution in [0.1, 0.15) is 141 Å². The Morgan fingerprint density at radius 3 is 2.33 bits per heavy atom. The highest BCUT2D eigenvalue weighted by Crippen LogP contribution is 2.63. The smallest absolute Gasteiger partial charge is 0.308 e. The van der Waals surface area contributed by atoms with Crippen molar-refractivity contribution in [1.29, 1.82) is 0 Å². The van der Waals surface area contributed by atoms with Gasteiger partial charge in [-0.1, -0.05) is 71.3 Å². The predicted octanol–water partition coefficient (Wildman–Crippen LogP) is 8.82. The van der Waals surface area contributed by atoms with Crippen molar-refractivity contribution in [3.63, 3.8) is 0 Å². The zero-order chi connectivity index (χ0) is 30.5. The fourth-order valence-electron chi connectivity index (χ4n) is 8.80. The molecule has 2 saturated carbocycles. The first kappa shape index (κ1) is 34.9. The van der Waals surface area contributed by atoms with Gasteiger partial charge in [-0.25, -0.2) is 4.89 Å². The highest BCUT2D eigenvalue weighted by atomic mass is 17.1. The van der Waals surface area contributed by atoms with Crippen LogP contribution >= 0.6 is 0 Å². The second-order valence-electron chi connectivity index (χ2n) is 13.5. The quantitative estimate of drug-likeness (QED) is 0.0820. The van der Waals surface area contributed by atoms with Crippen molar-refractivity contribution < 1.29 is 29.9 Å². The number of hydrogen-bond acceptors (Lipinski definition) is 6. The fraction of sp³-hybridized carbons (Fsp3) is 0.806. The van der Waals surface area contributed by atoms with Crippen molar-refractivity contribution >= 4 is 5.97 Å². The number of unbranched alkanes of at least 4 members (excludes halogenated alkanes) is 6. The zero-order valence-corrected chi connectivity index (χ0v) is 27.0. The molecule has 2 fully saturated rings. The first-order valence-electron chi connectivity index (χ1n) is 17.2. The lowest BCUT2D eigenvalue weighted by Crippen LogP contribution is -2.47. The van der Waals surface area contributed by atoms with Crippen molar-refractivity contribution in [2.45, 2.75) is 142 Å². The van der Waals surface area contributed by atoms with Gasteiger partial charge in [-0.3, -0.25) is 10.1 Å². The number of rotatable bonds is 15. The first-order valence-corrected chi connectivity index (χ1v) is 17.2. The summed E-state index contributed by atoms with van der Waals surface area (Å²) in [4.78, 5) is 15.7. The fourth-order valence-corrected chi connectivity index (χ4v) is 8.80. The molecule has 240 valence electrons. The number of hydrogen-bond donors (Lipinski definition) is 3. The number of aryl methyl sites for hydroxylation is 1. The standard InChI is InChI=1S/C34H54O4.C2H6O2/c1-4-13-24(33(37)38-5-2)14-11-9-7-6-8-10-12-15-26-23-34(3)30(20-21-31(34)36)29-18-16-25-22-27(35)17-19-28(25)32(26)29;1-2-4-3/h17,19,22,24,26,29-32,35-36H,4-16,18,20-21,23H2,1-3H3;3H,2H2,1H3/t24?,26-,29?,30?,31-,32?,34-;/m0./s1. The van der Waals surface area contributed by atoms with Crippen LogP contribution in [0.4, 0.5) is 0 Å². The average molecular weight is 589 g/mol. The third kappa shape index (κ3) is 8.95. The molecule has 4 unspecified atom stereocenters. The van der Waals surface area contributed by atoms with Gasteiger partial charge in [0, 0.05) is 0 Å². The molecule has 1 aromatic carbocycles. The van der Waals surface area contributed by atoms with Crippen molar-refractivity contribution in [2.75, 3.05) is 13.2 Å². The van der Waals surface area contributed by atoms with Gasteiger partial charge in [0.15, 0.2) is 0 Å². The maximum Gasteiger partial charge on any atom is 0.308 e. The summed E-state index contributed by atoms with van der Waals surface area (Å²) >= 11 is 0. The molecule has 0 bridgehead atoms. The lowest BCUT2D eigenvalue weighted by Gasteiger charge is -2.54. The summed E-state index contributed by atoms with van der Waals surface area (Å²) in [6.07, 6.45) is 18.4. The number of ether oxygens (including phenoxy) is 1. The number of fused-ring (bicyclic) bond motifs is 5. The van der Waals surface area contributed by atoms with Crippen LogP contribution in [0.5, 0.6) is 5.75 Å². The largest absolute Gasteiger partial charge is 0.508 e. The van der Waals surface area contributed by atoms with E-state index in [0.29, 0.717) is 42.6 Å². The predicted molar refractivity (Wildman–Crippen MR) is 168 cm³/mol. The molecule has 0 saturated heterocycles. The Bertz CT molecular complexity index is 931. The normalized spacial score (nSPS) is 28.6. The van der Waals surface area contributed by atoms with E-state index in [2.05, 4.69) is 24.8 Å². The third-order valence-corrected chi connectivity index (χ3v) is 10.8. The van der Waals surface area contributed by atoms with Crippen molar-refractivity contribution in [1.82, 2.24) is 0 Å². The zero-order valence-electron chi connectivity index (χ0n) is 27.0. The highest BCUT2D eigenvalue weighted by molar-refractivity contribution is 5.72. The molecule has 3 N–H and O–H groups in total. The molecule has 0 aliphatic heterocycles. The van der Waals surface area contributed by atoms with Gasteiger partial charge in [-0.15, -0.1) is 0 Å². The van der Waals surface area contributed by atoms with E-state index >= 15 is 0 Å². The Labute approximate surface area is 255 Å². The average Bonchev–Trinajstić information content (AvgIpc) is 3.28. The minimum Gasteiger partial charge on any atom is -0.508 e. The number of aliphatic hydroxyl groups is 1. The van der Waals surface area contributed by atoms with E-state index in [4.69, 9.17) is 9.99 Å². The van der Waals surface area contributed by atoms with Crippen LogP contribution in [0.2, 0.25) is 0 Å². The van der Waals surface area contributed by atoms with Crippen LogP contribution in [-0.2, 0) is 20.8 Å². The van der Waals surface area contributed by atoms with Crippen LogP contribution in [0.25, 0.3) is 0 Å². The minimum atomic E-state index is -0.141. The summed E-state index contributed by atoms with van der Waals surface area (Å²) < 4.78 is 5.26. The second kappa shape index (κ2) is 17.6. The Kier molecular flexibility index (Phi) is 14.6. The van der Waals surface area contributed by atoms with Crippen LogP contribution in [0.3, 0.4) is 0 Å². The number of phenolic OH excluding ortho intramolecular Hbond substituents is 1. The highest BCUT2D eigenvalue weighted by Gasteiger charge is 2.57. The van der Waals surface area contributed by atoms with E-state index in [1.807, 2.05) is 19.1 Å². The summed E-state index contributed by atoms with van der Waals surface area (Å²) in [5.74, 6) is 3.04. The van der Waals surface area contributed by atoms with Gasteiger partial charge in [0.05, 0.1) is 25.2 Å². The number of phenols is 1. The van der Waals surface area contributed by atoms with Gasteiger partial charge in [0.1, 0.15) is 5.75 Å². The van der Waals surface area contributed by atoms with Crippen LogP contribution in [0.15, 0.2) is 18.2 Å². The van der Waals surface area contributed by atoms with Gasteiger partial charge in [0.25, 0.3) is 0 Å². The summed E-state index contributed by atoms with van der Waals surface area (Å²) in [6, 6.07) is 6.12. The summed E-state index contributed by atoms with van der Waals surface area (Å²) in [5, 5.41) is 28.5. The number of aromatic hydroxyl groups is 1. The van der Waals surface area contributed by atoms with E-state index < -0.39 is 0 Å². The van der Waals surface area contributed by atoms with Crippen LogP contribution in [0, 0.1) is 29.1 Å². The number of esters is 1. The van der Waals surface area contributed by atoms with E-state index in [1.165, 1.54) is 68.9 Å². The molecule has 0 amide bonds. The minimum absolute atomic E-state index is 0.00185. The third-order valence-electron chi connectivity index (χ3n) is 10.8. The molecule has 4 rings (SSSR count). The summed E-state index contributed by atoms with van der Waals surface area (Å²) in [5.41, 5.74) is 2.94. The van der Waals surface area contributed by atoms with Crippen LogP contribution < -0.4 is 0 Å². The molecule has 0 radical (unpaired) electrons. The SMILES string of the molecule is CCCC(CCCCCCCCC[C@H]1C[C@@]2(C)C(CC[C@@H]2O)C2CCc3cc(O)ccc3C21)C(=O)OCC.CCOO. The number of benzene rings is 1. The topological polar surface area (TPSA) is 96.2 Å². The molecule has 42 heavy (non-hydrogen) atoms. The van der Waals surface area contributed by atoms with Crippen LogP contribution in [-0.4, -0.2) is 40.8 Å². The lowest BCUT2D eigenvalue weighted by atomic mass is 9.51. The number of carbonyl (C=O) groups excluding carboxylic acids is 1. The van der Waals surface area contributed by atoms with Gasteiger partial charge < -0.3 is 14.9 Å². The van der Waals surface area contributed by atoms with E-state index in [9.17, 15) is 15.0 Å². The van der Waals surface area contributed by atoms with E-state index in [-0.39, 0.29) is 23.4 Å². The molecule has 3 aliphatic carbocycles. The molecule has 0 spiro atoms. The molecule has 6 heteroatoms. The molecule has 0 heterocycles. The van der Waals surface area contributed by atoms with Gasteiger partial charge >= 0.3 is 5.97 Å². The molecular weight excluding hydrogens is 528 g/mol. The molecule has 3 aliphatic rings. The summed E-state index contributed by atoms with van der Waals surface area (Å²) in [6.45, 7) is 8.99. The number of aliphatic hydroxyl groups excluding tert-OH is 1. The second-order valence-corrected chi connectivity index (χ2v) is 13.5. The maximum atomic E-state index is 12.1. The van der Waals surface area contributed by atoms with Gasteiger partial charge in [-0.2, -0.15) is 0 Å². The Morgan fingerprint density at radius 1 is 0.976 bits per heavy atom. The van der Waals surface area contributed by atoms with Gasteiger partial charge in [0.2, 0.25) is 0 Å². The Hall–Kier alpha value is -1.63. The van der Waals surface area contributed by atoms with E-state index in [1.54, 1.807) is 6.92 Å². The first-order chi connectivity index (χ1) is 20.3. The van der Waals surface area contributed by atoms with Crippen molar-refractivity contribution in [2.24, 2.45) is 29.1 Å². The van der Waals surface area contributed by atoms with Crippen molar-refractivity contribution in [3.05, 3.63) is 29.3 Å². The van der Waals surface area contributed by atoms with E-state index in [0.717, 1.165) is 44.9 Å².